The largest absolute Gasteiger partial charge is 0.479 e. The molecule has 1 rings (SSSR count). The minimum absolute atomic E-state index is 0.444. The molecule has 0 spiro atoms. The Morgan fingerprint density at radius 2 is 2.00 bits per heavy atom. The molecule has 0 radical (unpaired) electrons. The summed E-state index contributed by atoms with van der Waals surface area (Å²) in [5.41, 5.74) is -0.829. The Balaban J connectivity index is 3.33. The molecule has 0 aliphatic rings. The van der Waals surface area contributed by atoms with Crippen LogP contribution in [0.25, 0.3) is 0 Å². The van der Waals surface area contributed by atoms with Crippen LogP contribution in [0, 0.1) is 13.8 Å². The number of aromatic nitrogens is 1. The van der Waals surface area contributed by atoms with Crippen molar-refractivity contribution in [1.82, 2.24) is 0 Å². The van der Waals surface area contributed by atoms with E-state index in [0.29, 0.717) is 5.01 Å². The average molecular weight is 216 g/mol. The van der Waals surface area contributed by atoms with Crippen LogP contribution in [0.2, 0.25) is 0 Å². The Bertz CT molecular complexity index is 382. The van der Waals surface area contributed by atoms with Gasteiger partial charge >= 0.3 is 5.97 Å². The maximum absolute atomic E-state index is 10.8. The second-order valence-electron chi connectivity index (χ2n) is 3.49. The zero-order valence-corrected chi connectivity index (χ0v) is 9.47. The molecule has 1 aromatic rings. The number of aryl methyl sites for hydroxylation is 1. The molecule has 0 saturated heterocycles. The molecule has 0 fully saturated rings. The first-order chi connectivity index (χ1) is 6.28. The van der Waals surface area contributed by atoms with Gasteiger partial charge in [-0.3, -0.25) is 0 Å². The van der Waals surface area contributed by atoms with Crippen molar-refractivity contribution in [3.63, 3.8) is 0 Å². The molecule has 4 nitrogen and oxygen atoms in total. The van der Waals surface area contributed by atoms with Crippen LogP contribution in [0.5, 0.6) is 0 Å². The lowest BCUT2D eigenvalue weighted by molar-refractivity contribution is -0.685. The summed E-state index contributed by atoms with van der Waals surface area (Å²) in [5.74, 6) is -1.23. The van der Waals surface area contributed by atoms with E-state index in [0.717, 1.165) is 10.6 Å². The number of carboxylic acid groups (broad SMARTS) is 1. The van der Waals surface area contributed by atoms with E-state index in [4.69, 9.17) is 5.11 Å². The number of hydrogen-bond donors (Lipinski definition) is 2. The molecule has 0 aliphatic carbocycles. The van der Waals surface area contributed by atoms with Gasteiger partial charge in [0.1, 0.15) is 7.05 Å². The fourth-order valence-corrected chi connectivity index (χ4v) is 2.33. The van der Waals surface area contributed by atoms with E-state index in [-0.39, 0.29) is 0 Å². The molecule has 0 aliphatic heterocycles. The molecule has 14 heavy (non-hydrogen) atoms. The smallest absolute Gasteiger partial charge is 0.347 e. The summed E-state index contributed by atoms with van der Waals surface area (Å²) in [4.78, 5) is 11.9. The molecular weight excluding hydrogens is 202 g/mol. The Labute approximate surface area is 86.4 Å². The number of thiazole rings is 1. The van der Waals surface area contributed by atoms with Crippen LogP contribution in [0.3, 0.4) is 0 Å². The number of nitrogens with zero attached hydrogens (tertiary/aromatic N) is 1. The summed E-state index contributed by atoms with van der Waals surface area (Å²) in [6.45, 7) is 5.09. The third kappa shape index (κ3) is 1.53. The van der Waals surface area contributed by atoms with Gasteiger partial charge in [-0.25, -0.2) is 4.79 Å². The zero-order chi connectivity index (χ0) is 11.1. The Hall–Kier alpha value is -0.940. The van der Waals surface area contributed by atoms with Crippen LogP contribution in [0.4, 0.5) is 0 Å². The number of rotatable bonds is 2. The van der Waals surface area contributed by atoms with Crippen molar-refractivity contribution < 1.29 is 19.6 Å². The van der Waals surface area contributed by atoms with E-state index in [2.05, 4.69) is 0 Å². The van der Waals surface area contributed by atoms with Crippen LogP contribution in [0.15, 0.2) is 0 Å². The van der Waals surface area contributed by atoms with Crippen molar-refractivity contribution in [2.75, 3.05) is 0 Å². The first-order valence-electron chi connectivity index (χ1n) is 4.20. The first kappa shape index (κ1) is 11.1. The molecule has 1 aromatic heterocycles. The topological polar surface area (TPSA) is 61.4 Å². The Morgan fingerprint density at radius 3 is 2.29 bits per heavy atom. The molecule has 0 aromatic carbocycles. The zero-order valence-electron chi connectivity index (χ0n) is 8.66. The number of aliphatic carboxylic acids is 1. The van der Waals surface area contributed by atoms with E-state index in [1.807, 2.05) is 13.8 Å². The van der Waals surface area contributed by atoms with Gasteiger partial charge in [0.05, 0.1) is 4.88 Å². The lowest BCUT2D eigenvalue weighted by Gasteiger charge is -2.11. The predicted octanol–water partition coefficient (Wildman–Crippen LogP) is 0.482. The first-order valence-corrected chi connectivity index (χ1v) is 5.02. The maximum Gasteiger partial charge on any atom is 0.347 e. The number of carbonyl (C=O) groups is 1. The fourth-order valence-electron chi connectivity index (χ4n) is 1.19. The summed E-state index contributed by atoms with van der Waals surface area (Å²) in [5, 5.41) is 19.1. The van der Waals surface area contributed by atoms with Crippen LogP contribution >= 0.6 is 11.3 Å². The van der Waals surface area contributed by atoms with Crippen LogP contribution in [-0.4, -0.2) is 16.2 Å². The number of carboxylic acids is 1. The molecule has 0 amide bonds. The summed E-state index contributed by atoms with van der Waals surface area (Å²) < 4.78 is 1.72. The molecule has 5 heteroatoms. The SMILES string of the molecule is Cc1sc(C(C)(O)C(=O)O)[n+](C)c1C. The van der Waals surface area contributed by atoms with E-state index >= 15 is 0 Å². The highest BCUT2D eigenvalue weighted by molar-refractivity contribution is 7.11. The lowest BCUT2D eigenvalue weighted by atomic mass is 10.1. The highest BCUT2D eigenvalue weighted by atomic mass is 32.1. The van der Waals surface area contributed by atoms with Crippen molar-refractivity contribution in [1.29, 1.82) is 0 Å². The minimum Gasteiger partial charge on any atom is -0.479 e. The molecule has 2 N–H and O–H groups in total. The third-order valence-corrected chi connectivity index (χ3v) is 3.87. The fraction of sp³-hybridized carbons (Fsp3) is 0.556. The van der Waals surface area contributed by atoms with E-state index in [9.17, 15) is 9.90 Å². The van der Waals surface area contributed by atoms with E-state index in [1.54, 1.807) is 11.6 Å². The quantitative estimate of drug-likeness (QED) is 0.707. The van der Waals surface area contributed by atoms with Crippen molar-refractivity contribution in [2.24, 2.45) is 7.05 Å². The van der Waals surface area contributed by atoms with Crippen molar-refractivity contribution in [3.05, 3.63) is 15.6 Å². The van der Waals surface area contributed by atoms with Crippen molar-refractivity contribution in [3.8, 4) is 0 Å². The maximum atomic E-state index is 10.8. The molecule has 1 heterocycles. The van der Waals surface area contributed by atoms with Crippen LogP contribution in [0.1, 0.15) is 22.5 Å². The number of hydrogen-bond acceptors (Lipinski definition) is 3. The van der Waals surface area contributed by atoms with Crippen molar-refractivity contribution >= 4 is 17.3 Å². The van der Waals surface area contributed by atoms with Gasteiger partial charge in [-0.05, 0) is 13.8 Å². The van der Waals surface area contributed by atoms with Gasteiger partial charge in [-0.15, -0.1) is 0 Å². The van der Waals surface area contributed by atoms with Gasteiger partial charge in [0, 0.05) is 6.92 Å². The van der Waals surface area contributed by atoms with E-state index in [1.165, 1.54) is 18.3 Å². The average Bonchev–Trinajstić information content (AvgIpc) is 2.33. The monoisotopic (exact) mass is 216 g/mol. The summed E-state index contributed by atoms with van der Waals surface area (Å²) >= 11 is 1.31. The molecule has 1 unspecified atom stereocenters. The summed E-state index contributed by atoms with van der Waals surface area (Å²) in [7, 11) is 1.76. The van der Waals surface area contributed by atoms with Crippen LogP contribution in [-0.2, 0) is 17.4 Å². The Kier molecular flexibility index (Phi) is 2.65. The van der Waals surface area contributed by atoms with Crippen LogP contribution < -0.4 is 4.57 Å². The van der Waals surface area contributed by atoms with Gasteiger partial charge in [0.2, 0.25) is 0 Å². The van der Waals surface area contributed by atoms with Gasteiger partial charge < -0.3 is 10.2 Å². The molecule has 0 bridgehead atoms. The number of aliphatic hydroxyl groups is 1. The van der Waals surface area contributed by atoms with Gasteiger partial charge in [0.25, 0.3) is 10.6 Å². The molecular formula is C9H14NO3S+. The van der Waals surface area contributed by atoms with Gasteiger partial charge in [-0.2, -0.15) is 4.57 Å². The highest BCUT2D eigenvalue weighted by Gasteiger charge is 2.42. The minimum atomic E-state index is -1.81. The molecule has 0 saturated carbocycles. The molecule has 1 atom stereocenters. The van der Waals surface area contributed by atoms with E-state index < -0.39 is 11.6 Å². The normalized spacial score (nSPS) is 15.2. The Morgan fingerprint density at radius 1 is 1.50 bits per heavy atom. The van der Waals surface area contributed by atoms with Crippen molar-refractivity contribution in [2.45, 2.75) is 26.4 Å². The summed E-state index contributed by atoms with van der Waals surface area (Å²) in [6, 6.07) is 0. The third-order valence-electron chi connectivity index (χ3n) is 2.40. The lowest BCUT2D eigenvalue weighted by Crippen LogP contribution is -2.45. The predicted molar refractivity (Wildman–Crippen MR) is 52.2 cm³/mol. The summed E-state index contributed by atoms with van der Waals surface area (Å²) in [6.07, 6.45) is 0. The highest BCUT2D eigenvalue weighted by Crippen LogP contribution is 2.25. The van der Waals surface area contributed by atoms with Gasteiger partial charge in [0.15, 0.2) is 5.69 Å². The standard InChI is InChI=1S/C9H13NO3S/c1-5-6(2)14-7(10(5)4)9(3,13)8(11)12/h13H,1-4H3/p+1. The second kappa shape index (κ2) is 3.33. The molecule has 78 valence electrons. The van der Waals surface area contributed by atoms with Gasteiger partial charge in [-0.1, -0.05) is 11.3 Å². The second-order valence-corrected chi connectivity index (χ2v) is 4.69.